The van der Waals surface area contributed by atoms with E-state index < -0.39 is 0 Å². The maximum Gasteiger partial charge on any atom is 0.262 e. The largest absolute Gasteiger partial charge is 0.493 e. The molecule has 1 aromatic heterocycles. The van der Waals surface area contributed by atoms with Crippen molar-refractivity contribution in [3.05, 3.63) is 82.1 Å². The number of rotatable bonds is 9. The van der Waals surface area contributed by atoms with Crippen molar-refractivity contribution in [2.45, 2.75) is 20.0 Å². The van der Waals surface area contributed by atoms with Crippen LogP contribution in [0, 0.1) is 6.92 Å². The first-order valence-corrected chi connectivity index (χ1v) is 10.3. The fraction of sp³-hybridized carbons (Fsp3) is 0.217. The van der Waals surface area contributed by atoms with Crippen molar-refractivity contribution in [2.24, 2.45) is 0 Å². The lowest BCUT2D eigenvalue weighted by Crippen LogP contribution is -2.20. The van der Waals surface area contributed by atoms with E-state index in [0.29, 0.717) is 24.6 Å². The molecule has 3 aromatic rings. The number of carbonyl (C=O) groups excluding carboxylic acids is 1. The second-order valence-electron chi connectivity index (χ2n) is 6.74. The van der Waals surface area contributed by atoms with E-state index in [2.05, 4.69) is 31.5 Å². The molecular formula is C23H24BrN3O3. The van der Waals surface area contributed by atoms with Crippen molar-refractivity contribution in [3.63, 3.8) is 0 Å². The number of methoxy groups -OCH3 is 1. The van der Waals surface area contributed by atoms with E-state index in [9.17, 15) is 4.79 Å². The van der Waals surface area contributed by atoms with Crippen molar-refractivity contribution < 1.29 is 14.3 Å². The highest BCUT2D eigenvalue weighted by molar-refractivity contribution is 9.10. The molecule has 3 rings (SSSR count). The topological polar surface area (TPSA) is 72.5 Å². The Morgan fingerprint density at radius 1 is 1.10 bits per heavy atom. The van der Waals surface area contributed by atoms with Gasteiger partial charge in [-0.3, -0.25) is 9.78 Å². The van der Waals surface area contributed by atoms with Gasteiger partial charge in [-0.2, -0.15) is 0 Å². The third kappa shape index (κ3) is 6.30. The van der Waals surface area contributed by atoms with Gasteiger partial charge in [0.1, 0.15) is 0 Å². The van der Waals surface area contributed by atoms with Gasteiger partial charge < -0.3 is 20.1 Å². The molecule has 2 N–H and O–H groups in total. The maximum absolute atomic E-state index is 12.2. The molecule has 6 nitrogen and oxygen atoms in total. The average Bonchev–Trinajstić information content (AvgIpc) is 2.75. The Kier molecular flexibility index (Phi) is 7.82. The first kappa shape index (κ1) is 21.8. The van der Waals surface area contributed by atoms with Crippen LogP contribution in [0.15, 0.2) is 65.3 Å². The Hall–Kier alpha value is -2.90. The van der Waals surface area contributed by atoms with Crippen molar-refractivity contribution >= 4 is 27.5 Å². The lowest BCUT2D eigenvalue weighted by Gasteiger charge is -2.15. The summed E-state index contributed by atoms with van der Waals surface area (Å²) in [4.78, 5) is 16.5. The predicted molar refractivity (Wildman–Crippen MR) is 121 cm³/mol. The summed E-state index contributed by atoms with van der Waals surface area (Å²) in [6.45, 7) is 3.17. The highest BCUT2D eigenvalue weighted by atomic mass is 79.9. The van der Waals surface area contributed by atoms with Crippen molar-refractivity contribution in [3.8, 4) is 11.5 Å². The van der Waals surface area contributed by atoms with Crippen LogP contribution in [0.4, 0.5) is 5.69 Å². The molecular weight excluding hydrogens is 446 g/mol. The van der Waals surface area contributed by atoms with Gasteiger partial charge in [0.15, 0.2) is 18.1 Å². The Morgan fingerprint density at radius 2 is 1.90 bits per heavy atom. The molecule has 0 aliphatic carbocycles. The molecule has 2 aromatic carbocycles. The molecule has 0 saturated carbocycles. The summed E-state index contributed by atoms with van der Waals surface area (Å²) >= 11 is 3.52. The standard InChI is InChI=1S/C23H24BrN3O3/c1-16-6-8-18(9-7-16)27-22(28)15-30-23-20(24)11-17(12-21(23)29-2)13-25-14-19-5-3-4-10-26-19/h3-12,25H,13-15H2,1-2H3,(H,27,28). The number of halogens is 1. The monoisotopic (exact) mass is 469 g/mol. The molecule has 0 radical (unpaired) electrons. The highest BCUT2D eigenvalue weighted by Gasteiger charge is 2.14. The zero-order valence-electron chi connectivity index (χ0n) is 16.9. The predicted octanol–water partition coefficient (Wildman–Crippen LogP) is 4.47. The zero-order chi connectivity index (χ0) is 21.3. The van der Waals surface area contributed by atoms with E-state index in [4.69, 9.17) is 9.47 Å². The van der Waals surface area contributed by atoms with Gasteiger partial charge in [-0.15, -0.1) is 0 Å². The van der Waals surface area contributed by atoms with Crippen LogP contribution in [0.1, 0.15) is 16.8 Å². The molecule has 30 heavy (non-hydrogen) atoms. The lowest BCUT2D eigenvalue weighted by molar-refractivity contribution is -0.118. The molecule has 0 unspecified atom stereocenters. The third-order valence-electron chi connectivity index (χ3n) is 4.33. The molecule has 0 fully saturated rings. The third-order valence-corrected chi connectivity index (χ3v) is 4.92. The Labute approximate surface area is 184 Å². The Bertz CT molecular complexity index is 979. The molecule has 156 valence electrons. The van der Waals surface area contributed by atoms with Crippen LogP contribution < -0.4 is 20.1 Å². The maximum atomic E-state index is 12.2. The van der Waals surface area contributed by atoms with Crippen molar-refractivity contribution in [1.82, 2.24) is 10.3 Å². The van der Waals surface area contributed by atoms with E-state index in [1.807, 2.05) is 61.5 Å². The van der Waals surface area contributed by atoms with Crippen LogP contribution >= 0.6 is 15.9 Å². The first-order valence-electron chi connectivity index (χ1n) is 9.51. The lowest BCUT2D eigenvalue weighted by atomic mass is 10.2. The van der Waals surface area contributed by atoms with Gasteiger partial charge in [-0.05, 0) is 64.8 Å². The highest BCUT2D eigenvalue weighted by Crippen LogP contribution is 2.36. The van der Waals surface area contributed by atoms with E-state index in [1.54, 1.807) is 13.3 Å². The number of hydrogen-bond donors (Lipinski definition) is 2. The quantitative estimate of drug-likeness (QED) is 0.483. The van der Waals surface area contributed by atoms with Gasteiger partial charge in [0.25, 0.3) is 5.91 Å². The van der Waals surface area contributed by atoms with E-state index >= 15 is 0 Å². The summed E-state index contributed by atoms with van der Waals surface area (Å²) in [5.41, 5.74) is 3.86. The van der Waals surface area contributed by atoms with Gasteiger partial charge in [-0.25, -0.2) is 0 Å². The van der Waals surface area contributed by atoms with Gasteiger partial charge in [0.2, 0.25) is 0 Å². The molecule has 1 heterocycles. The van der Waals surface area contributed by atoms with Gasteiger partial charge >= 0.3 is 0 Å². The first-order chi connectivity index (χ1) is 14.5. The number of aryl methyl sites for hydroxylation is 1. The van der Waals surface area contributed by atoms with Crippen molar-refractivity contribution in [1.29, 1.82) is 0 Å². The number of anilines is 1. The van der Waals surface area contributed by atoms with Crippen LogP contribution in [0.25, 0.3) is 0 Å². The van der Waals surface area contributed by atoms with E-state index in [-0.39, 0.29) is 12.5 Å². The molecule has 0 aliphatic rings. The summed E-state index contributed by atoms with van der Waals surface area (Å²) in [5.74, 6) is 0.807. The molecule has 0 aliphatic heterocycles. The molecule has 0 saturated heterocycles. The van der Waals surface area contributed by atoms with Crippen LogP contribution in [0.3, 0.4) is 0 Å². The summed E-state index contributed by atoms with van der Waals surface area (Å²) < 4.78 is 11.9. The molecule has 1 amide bonds. The Morgan fingerprint density at radius 3 is 2.60 bits per heavy atom. The van der Waals surface area contributed by atoms with Gasteiger partial charge in [0.05, 0.1) is 17.3 Å². The van der Waals surface area contributed by atoms with Crippen molar-refractivity contribution in [2.75, 3.05) is 19.0 Å². The number of nitrogens with zero attached hydrogens (tertiary/aromatic N) is 1. The minimum atomic E-state index is -0.242. The summed E-state index contributed by atoms with van der Waals surface area (Å²) in [6.07, 6.45) is 1.78. The summed E-state index contributed by atoms with van der Waals surface area (Å²) in [5, 5.41) is 6.17. The Balaban J connectivity index is 1.57. The molecule has 0 bridgehead atoms. The van der Waals surface area contributed by atoms with Crippen LogP contribution in [-0.2, 0) is 17.9 Å². The fourth-order valence-electron chi connectivity index (χ4n) is 2.82. The normalized spacial score (nSPS) is 10.5. The minimum Gasteiger partial charge on any atom is -0.493 e. The second-order valence-corrected chi connectivity index (χ2v) is 7.59. The SMILES string of the molecule is COc1cc(CNCc2ccccn2)cc(Br)c1OCC(=O)Nc1ccc(C)cc1. The van der Waals surface area contributed by atoms with E-state index in [1.165, 1.54) is 0 Å². The number of carbonyl (C=O) groups is 1. The zero-order valence-corrected chi connectivity index (χ0v) is 18.5. The van der Waals surface area contributed by atoms with E-state index in [0.717, 1.165) is 27.0 Å². The number of benzene rings is 2. The summed E-state index contributed by atoms with van der Waals surface area (Å²) in [7, 11) is 1.58. The molecule has 7 heteroatoms. The average molecular weight is 470 g/mol. The minimum absolute atomic E-state index is 0.125. The fourth-order valence-corrected chi connectivity index (χ4v) is 3.43. The van der Waals surface area contributed by atoms with Gasteiger partial charge in [-0.1, -0.05) is 23.8 Å². The summed E-state index contributed by atoms with van der Waals surface area (Å²) in [6, 6.07) is 17.3. The number of ether oxygens (including phenoxy) is 2. The number of nitrogens with one attached hydrogen (secondary N) is 2. The molecule has 0 atom stereocenters. The number of amides is 1. The van der Waals surface area contributed by atoms with Crippen LogP contribution in [-0.4, -0.2) is 24.6 Å². The second kappa shape index (κ2) is 10.8. The number of aromatic nitrogens is 1. The van der Waals surface area contributed by atoms with Crippen LogP contribution in [0.2, 0.25) is 0 Å². The molecule has 0 spiro atoms. The van der Waals surface area contributed by atoms with Crippen LogP contribution in [0.5, 0.6) is 11.5 Å². The van der Waals surface area contributed by atoms with Gasteiger partial charge in [0, 0.05) is 25.0 Å². The smallest absolute Gasteiger partial charge is 0.262 e. The number of hydrogen-bond acceptors (Lipinski definition) is 5. The number of pyridine rings is 1.